The van der Waals surface area contributed by atoms with Gasteiger partial charge in [-0.2, -0.15) is 4.31 Å². The molecular formula is C20H25FN2O4S2. The highest BCUT2D eigenvalue weighted by molar-refractivity contribution is 8.00. The van der Waals surface area contributed by atoms with Crippen LogP contribution in [0.25, 0.3) is 0 Å². The third-order valence-electron chi connectivity index (χ3n) is 4.03. The number of nitrogens with one attached hydrogen (secondary N) is 1. The fourth-order valence-electron chi connectivity index (χ4n) is 2.64. The lowest BCUT2D eigenvalue weighted by molar-refractivity contribution is -0.113. The Morgan fingerprint density at radius 1 is 1.10 bits per heavy atom. The summed E-state index contributed by atoms with van der Waals surface area (Å²) in [6.45, 7) is 6.28. The molecule has 0 aliphatic carbocycles. The van der Waals surface area contributed by atoms with Crippen molar-refractivity contribution in [1.29, 1.82) is 0 Å². The standard InChI is InChI=1S/C20H25FN2O4S2/c1-4-23(5-2)29(25,26)19-13-16(9-12-18(19)27-6-3)22-20(24)14-28-17-10-7-15(21)8-11-17/h7-13H,4-6,14H2,1-3H3,(H,22,24). The van der Waals surface area contributed by atoms with Crippen molar-refractivity contribution in [3.05, 3.63) is 48.3 Å². The van der Waals surface area contributed by atoms with Gasteiger partial charge in [0, 0.05) is 23.7 Å². The van der Waals surface area contributed by atoms with Crippen LogP contribution in [0.5, 0.6) is 5.75 Å². The first-order valence-electron chi connectivity index (χ1n) is 9.27. The second kappa shape index (κ2) is 10.6. The van der Waals surface area contributed by atoms with Crippen molar-refractivity contribution < 1.29 is 22.3 Å². The molecule has 0 aliphatic heterocycles. The Morgan fingerprint density at radius 2 is 1.76 bits per heavy atom. The molecule has 0 spiro atoms. The average Bonchev–Trinajstić information content (AvgIpc) is 2.69. The molecule has 0 atom stereocenters. The Kier molecular flexibility index (Phi) is 8.48. The first-order valence-corrected chi connectivity index (χ1v) is 11.7. The van der Waals surface area contributed by atoms with E-state index in [-0.39, 0.29) is 28.1 Å². The van der Waals surface area contributed by atoms with Crippen LogP contribution in [-0.4, -0.2) is 44.1 Å². The minimum Gasteiger partial charge on any atom is -0.492 e. The van der Waals surface area contributed by atoms with Crippen LogP contribution in [0.3, 0.4) is 0 Å². The van der Waals surface area contributed by atoms with Gasteiger partial charge in [0.1, 0.15) is 16.5 Å². The Morgan fingerprint density at radius 3 is 2.34 bits per heavy atom. The number of carbonyl (C=O) groups excluding carboxylic acids is 1. The zero-order valence-electron chi connectivity index (χ0n) is 16.6. The van der Waals surface area contributed by atoms with Gasteiger partial charge in [-0.05, 0) is 49.4 Å². The van der Waals surface area contributed by atoms with Crippen LogP contribution >= 0.6 is 11.8 Å². The molecule has 29 heavy (non-hydrogen) atoms. The molecule has 0 saturated heterocycles. The van der Waals surface area contributed by atoms with Gasteiger partial charge in [0.15, 0.2) is 0 Å². The molecule has 1 N–H and O–H groups in total. The molecule has 2 aromatic rings. The number of anilines is 1. The maximum atomic E-state index is 13.0. The molecule has 0 saturated carbocycles. The second-order valence-corrected chi connectivity index (χ2v) is 8.93. The average molecular weight is 441 g/mol. The molecule has 0 heterocycles. The SMILES string of the molecule is CCOc1ccc(NC(=O)CSc2ccc(F)cc2)cc1S(=O)(=O)N(CC)CC. The number of ether oxygens (including phenoxy) is 1. The third kappa shape index (κ3) is 6.19. The number of halogens is 1. The van der Waals surface area contributed by atoms with E-state index in [1.807, 2.05) is 0 Å². The lowest BCUT2D eigenvalue weighted by Gasteiger charge is -2.21. The van der Waals surface area contributed by atoms with Crippen molar-refractivity contribution in [3.8, 4) is 5.75 Å². The highest BCUT2D eigenvalue weighted by atomic mass is 32.2. The number of carbonyl (C=O) groups is 1. The third-order valence-corrected chi connectivity index (χ3v) is 7.12. The van der Waals surface area contributed by atoms with Gasteiger partial charge in [0.25, 0.3) is 0 Å². The summed E-state index contributed by atoms with van der Waals surface area (Å²) in [5.74, 6) is -0.278. The van der Waals surface area contributed by atoms with E-state index in [0.29, 0.717) is 25.4 Å². The quantitative estimate of drug-likeness (QED) is 0.566. The van der Waals surface area contributed by atoms with Gasteiger partial charge in [-0.15, -0.1) is 11.8 Å². The van der Waals surface area contributed by atoms with E-state index < -0.39 is 10.0 Å². The smallest absolute Gasteiger partial charge is 0.246 e. The van der Waals surface area contributed by atoms with Crippen molar-refractivity contribution in [1.82, 2.24) is 4.31 Å². The van der Waals surface area contributed by atoms with Crippen LogP contribution in [0.4, 0.5) is 10.1 Å². The molecular weight excluding hydrogens is 415 g/mol. The van der Waals surface area contributed by atoms with Crippen LogP contribution in [0.1, 0.15) is 20.8 Å². The molecule has 1 amide bonds. The molecule has 6 nitrogen and oxygen atoms in total. The lowest BCUT2D eigenvalue weighted by Crippen LogP contribution is -2.31. The van der Waals surface area contributed by atoms with Gasteiger partial charge in [-0.3, -0.25) is 4.79 Å². The molecule has 0 unspecified atom stereocenters. The van der Waals surface area contributed by atoms with E-state index in [1.54, 1.807) is 45.0 Å². The van der Waals surface area contributed by atoms with E-state index in [9.17, 15) is 17.6 Å². The zero-order chi connectivity index (χ0) is 21.4. The van der Waals surface area contributed by atoms with Crippen molar-refractivity contribution in [3.63, 3.8) is 0 Å². The fraction of sp³-hybridized carbons (Fsp3) is 0.350. The predicted octanol–water partition coefficient (Wildman–Crippen LogP) is 3.99. The van der Waals surface area contributed by atoms with Crippen molar-refractivity contribution >= 4 is 33.4 Å². The Bertz CT molecular complexity index is 930. The summed E-state index contributed by atoms with van der Waals surface area (Å²) in [7, 11) is -3.76. The molecule has 2 aromatic carbocycles. The van der Waals surface area contributed by atoms with Crippen molar-refractivity contribution in [2.45, 2.75) is 30.6 Å². The van der Waals surface area contributed by atoms with Crippen LogP contribution in [0.2, 0.25) is 0 Å². The van der Waals surface area contributed by atoms with Crippen LogP contribution < -0.4 is 10.1 Å². The lowest BCUT2D eigenvalue weighted by atomic mass is 10.3. The Balaban J connectivity index is 2.18. The number of thioether (sulfide) groups is 1. The highest BCUT2D eigenvalue weighted by Crippen LogP contribution is 2.30. The largest absolute Gasteiger partial charge is 0.492 e. The Labute approximate surface area is 175 Å². The van der Waals surface area contributed by atoms with Crippen LogP contribution in [0.15, 0.2) is 52.3 Å². The summed E-state index contributed by atoms with van der Waals surface area (Å²) in [6.07, 6.45) is 0. The molecule has 0 bridgehead atoms. The molecule has 0 fully saturated rings. The van der Waals surface area contributed by atoms with Gasteiger partial charge in [-0.25, -0.2) is 12.8 Å². The predicted molar refractivity (Wildman–Crippen MR) is 113 cm³/mol. The summed E-state index contributed by atoms with van der Waals surface area (Å²) in [4.78, 5) is 13.1. The topological polar surface area (TPSA) is 75.7 Å². The summed E-state index contributed by atoms with van der Waals surface area (Å²) in [6, 6.07) is 10.4. The number of hydrogen-bond acceptors (Lipinski definition) is 5. The van der Waals surface area contributed by atoms with Crippen molar-refractivity contribution in [2.75, 3.05) is 30.8 Å². The summed E-state index contributed by atoms with van der Waals surface area (Å²) in [5.41, 5.74) is 0.365. The van der Waals surface area contributed by atoms with Gasteiger partial charge in [0.2, 0.25) is 15.9 Å². The maximum absolute atomic E-state index is 13.0. The van der Waals surface area contributed by atoms with E-state index >= 15 is 0 Å². The Hall–Kier alpha value is -2.10. The van der Waals surface area contributed by atoms with Crippen LogP contribution in [0, 0.1) is 5.82 Å². The van der Waals surface area contributed by atoms with E-state index in [2.05, 4.69) is 5.32 Å². The summed E-state index contributed by atoms with van der Waals surface area (Å²) < 4.78 is 45.7. The van der Waals surface area contributed by atoms with E-state index in [0.717, 1.165) is 4.90 Å². The minimum absolute atomic E-state index is 0.0204. The first-order chi connectivity index (χ1) is 13.8. The molecule has 9 heteroatoms. The number of nitrogens with zero attached hydrogens (tertiary/aromatic N) is 1. The van der Waals surface area contributed by atoms with E-state index in [1.165, 1.54) is 34.3 Å². The molecule has 2 rings (SSSR count). The number of benzene rings is 2. The zero-order valence-corrected chi connectivity index (χ0v) is 18.3. The maximum Gasteiger partial charge on any atom is 0.246 e. The normalized spacial score (nSPS) is 11.5. The van der Waals surface area contributed by atoms with Gasteiger partial charge < -0.3 is 10.1 Å². The van der Waals surface area contributed by atoms with Crippen LogP contribution in [-0.2, 0) is 14.8 Å². The number of sulfonamides is 1. The molecule has 0 aliphatic rings. The van der Waals surface area contributed by atoms with Gasteiger partial charge >= 0.3 is 0 Å². The van der Waals surface area contributed by atoms with E-state index in [4.69, 9.17) is 4.74 Å². The first kappa shape index (κ1) is 23.2. The monoisotopic (exact) mass is 440 g/mol. The highest BCUT2D eigenvalue weighted by Gasteiger charge is 2.26. The number of rotatable bonds is 10. The minimum atomic E-state index is -3.76. The molecule has 0 aromatic heterocycles. The molecule has 158 valence electrons. The van der Waals surface area contributed by atoms with Gasteiger partial charge in [0.05, 0.1) is 12.4 Å². The summed E-state index contributed by atoms with van der Waals surface area (Å²) >= 11 is 1.26. The van der Waals surface area contributed by atoms with Gasteiger partial charge in [-0.1, -0.05) is 13.8 Å². The summed E-state index contributed by atoms with van der Waals surface area (Å²) in [5, 5.41) is 2.71. The number of amides is 1. The molecule has 0 radical (unpaired) electrons. The van der Waals surface area contributed by atoms with Crippen molar-refractivity contribution in [2.24, 2.45) is 0 Å². The second-order valence-electron chi connectivity index (χ2n) is 5.97. The number of hydrogen-bond donors (Lipinski definition) is 1. The fourth-order valence-corrected chi connectivity index (χ4v) is 4.96.